The zero-order valence-corrected chi connectivity index (χ0v) is 18.3. The van der Waals surface area contributed by atoms with Crippen molar-refractivity contribution in [2.75, 3.05) is 20.8 Å². The number of rotatable bonds is 9. The number of thiophene rings is 1. The van der Waals surface area contributed by atoms with Crippen molar-refractivity contribution in [2.24, 2.45) is 0 Å². The average molecular weight is 460 g/mol. The normalized spacial score (nSPS) is 11.7. The number of ether oxygens (including phenoxy) is 2. The van der Waals surface area contributed by atoms with Crippen LogP contribution in [-0.2, 0) is 6.54 Å². The van der Waals surface area contributed by atoms with Gasteiger partial charge in [-0.15, -0.1) is 17.9 Å². The van der Waals surface area contributed by atoms with E-state index >= 15 is 0 Å². The Bertz CT molecular complexity index is 1080. The Morgan fingerprint density at radius 3 is 2.38 bits per heavy atom. The molecule has 0 aliphatic rings. The van der Waals surface area contributed by atoms with Crippen LogP contribution in [0.15, 0.2) is 60.0 Å². The number of allylic oxidation sites excluding steroid dienone is 1. The van der Waals surface area contributed by atoms with Crippen LogP contribution in [0.1, 0.15) is 21.5 Å². The summed E-state index contributed by atoms with van der Waals surface area (Å²) in [6.07, 6.45) is -1.21. The molecule has 0 aliphatic carbocycles. The standard InChI is InChI=1S/C24H21F3NO3S/c1-30-21-13-22(31-2)19(23-4-3-11-32-23)12-18(21)9-10-20(29)17-7-5-16(6-8-17)14-28-15-24(25,26)27/h3-13H,14-15H2,1-2H3/q-1/b10-9+. The van der Waals surface area contributed by atoms with Crippen LogP contribution in [0.25, 0.3) is 21.8 Å². The zero-order chi connectivity index (χ0) is 23.1. The number of hydrogen-bond acceptors (Lipinski definition) is 4. The molecule has 0 saturated heterocycles. The molecule has 0 unspecified atom stereocenters. The van der Waals surface area contributed by atoms with Crippen molar-refractivity contribution in [3.8, 4) is 21.9 Å². The number of hydrogen-bond donors (Lipinski definition) is 0. The van der Waals surface area contributed by atoms with Gasteiger partial charge in [0, 0.05) is 27.6 Å². The Hall–Kier alpha value is -3.10. The van der Waals surface area contributed by atoms with Crippen molar-refractivity contribution in [1.82, 2.24) is 0 Å². The summed E-state index contributed by atoms with van der Waals surface area (Å²) in [6, 6.07) is 14.0. The van der Waals surface area contributed by atoms with E-state index in [4.69, 9.17) is 9.47 Å². The van der Waals surface area contributed by atoms with Gasteiger partial charge in [-0.3, -0.25) is 4.79 Å². The van der Waals surface area contributed by atoms with Gasteiger partial charge in [-0.25, -0.2) is 0 Å². The Morgan fingerprint density at radius 1 is 1.06 bits per heavy atom. The molecule has 0 N–H and O–H groups in total. The molecule has 0 amide bonds. The lowest BCUT2D eigenvalue weighted by Crippen LogP contribution is -2.13. The molecule has 0 bridgehead atoms. The lowest BCUT2D eigenvalue weighted by Gasteiger charge is -2.20. The first kappa shape index (κ1) is 23.6. The lowest BCUT2D eigenvalue weighted by atomic mass is 10.0. The average Bonchev–Trinajstić information content (AvgIpc) is 3.31. The topological polar surface area (TPSA) is 49.6 Å². The summed E-state index contributed by atoms with van der Waals surface area (Å²) in [5.74, 6) is 0.992. The van der Waals surface area contributed by atoms with Gasteiger partial charge in [0.15, 0.2) is 5.78 Å². The molecule has 0 fully saturated rings. The predicted octanol–water partition coefficient (Wildman–Crippen LogP) is 6.76. The van der Waals surface area contributed by atoms with Gasteiger partial charge in [0.2, 0.25) is 0 Å². The van der Waals surface area contributed by atoms with Crippen LogP contribution in [0.4, 0.5) is 13.2 Å². The van der Waals surface area contributed by atoms with Crippen LogP contribution in [-0.4, -0.2) is 32.7 Å². The third-order valence-electron chi connectivity index (χ3n) is 4.58. The summed E-state index contributed by atoms with van der Waals surface area (Å²) in [5, 5.41) is 5.45. The minimum absolute atomic E-state index is 0.0572. The first-order valence-corrected chi connectivity index (χ1v) is 10.5. The molecule has 32 heavy (non-hydrogen) atoms. The molecule has 2 aromatic carbocycles. The number of methoxy groups -OCH3 is 2. The third kappa shape index (κ3) is 6.21. The van der Waals surface area contributed by atoms with Crippen molar-refractivity contribution < 1.29 is 27.4 Å². The molecule has 1 aromatic heterocycles. The minimum atomic E-state index is -4.31. The van der Waals surface area contributed by atoms with Crippen molar-refractivity contribution in [2.45, 2.75) is 12.7 Å². The zero-order valence-electron chi connectivity index (χ0n) is 17.5. The van der Waals surface area contributed by atoms with Gasteiger partial charge >= 0.3 is 6.18 Å². The van der Waals surface area contributed by atoms with Gasteiger partial charge in [-0.2, -0.15) is 13.2 Å². The fourth-order valence-electron chi connectivity index (χ4n) is 3.03. The summed E-state index contributed by atoms with van der Waals surface area (Å²) in [4.78, 5) is 13.6. The highest BCUT2D eigenvalue weighted by atomic mass is 32.1. The van der Waals surface area contributed by atoms with E-state index < -0.39 is 12.7 Å². The molecule has 0 aliphatic heterocycles. The predicted molar refractivity (Wildman–Crippen MR) is 121 cm³/mol. The maximum Gasteiger partial charge on any atom is 0.371 e. The van der Waals surface area contributed by atoms with Gasteiger partial charge in [-0.05, 0) is 29.7 Å². The van der Waals surface area contributed by atoms with Crippen molar-refractivity contribution in [1.29, 1.82) is 0 Å². The number of carbonyl (C=O) groups excluding carboxylic acids is 1. The highest BCUT2D eigenvalue weighted by Gasteiger charge is 2.20. The Balaban J connectivity index is 1.75. The summed E-state index contributed by atoms with van der Waals surface area (Å²) in [6.45, 7) is -1.24. The molecule has 168 valence electrons. The SMILES string of the molecule is COc1cc(OC)c(-c2cccs2)cc1/C=C/C(=O)c1ccc(C[N-]CC(F)(F)F)cc1. The van der Waals surface area contributed by atoms with Crippen LogP contribution >= 0.6 is 11.3 Å². The Morgan fingerprint density at radius 2 is 1.78 bits per heavy atom. The molecule has 4 nitrogen and oxygen atoms in total. The molecule has 0 radical (unpaired) electrons. The molecule has 3 rings (SSSR count). The molecule has 1 heterocycles. The number of alkyl halides is 3. The summed E-state index contributed by atoms with van der Waals surface area (Å²) in [7, 11) is 3.13. The molecular weight excluding hydrogens is 439 g/mol. The van der Waals surface area contributed by atoms with Crippen LogP contribution in [0.2, 0.25) is 0 Å². The number of nitrogens with zero attached hydrogens (tertiary/aromatic N) is 1. The van der Waals surface area contributed by atoms with E-state index in [1.54, 1.807) is 62.0 Å². The minimum Gasteiger partial charge on any atom is -0.651 e. The second-order valence-electron chi connectivity index (χ2n) is 6.82. The summed E-state index contributed by atoms with van der Waals surface area (Å²) < 4.78 is 47.5. The number of benzene rings is 2. The van der Waals surface area contributed by atoms with Gasteiger partial charge in [-0.1, -0.05) is 42.4 Å². The Labute approximate surface area is 188 Å². The van der Waals surface area contributed by atoms with Crippen molar-refractivity contribution in [3.63, 3.8) is 0 Å². The van der Waals surface area contributed by atoms with E-state index in [1.165, 1.54) is 6.08 Å². The molecule has 3 aromatic rings. The Kier molecular flexibility index (Phi) is 7.71. The molecule has 0 saturated carbocycles. The number of carbonyl (C=O) groups is 1. The monoisotopic (exact) mass is 460 g/mol. The fourth-order valence-corrected chi connectivity index (χ4v) is 3.77. The van der Waals surface area contributed by atoms with Crippen molar-refractivity contribution in [3.05, 3.63) is 82.0 Å². The lowest BCUT2D eigenvalue weighted by molar-refractivity contribution is -0.113. The van der Waals surface area contributed by atoms with Crippen LogP contribution < -0.4 is 9.47 Å². The second kappa shape index (κ2) is 10.5. The van der Waals surface area contributed by atoms with Gasteiger partial charge in [0.1, 0.15) is 11.5 Å². The van der Waals surface area contributed by atoms with E-state index in [9.17, 15) is 18.0 Å². The van der Waals surface area contributed by atoms with E-state index in [0.717, 1.165) is 10.4 Å². The van der Waals surface area contributed by atoms with Gasteiger partial charge in [0.25, 0.3) is 0 Å². The fraction of sp³-hybridized carbons (Fsp3) is 0.208. The molecule has 8 heteroatoms. The van der Waals surface area contributed by atoms with E-state index in [-0.39, 0.29) is 12.3 Å². The highest BCUT2D eigenvalue weighted by molar-refractivity contribution is 7.13. The maximum absolute atomic E-state index is 12.6. The van der Waals surface area contributed by atoms with Crippen LogP contribution in [0.5, 0.6) is 11.5 Å². The number of ketones is 1. The molecule has 0 atom stereocenters. The smallest absolute Gasteiger partial charge is 0.371 e. The van der Waals surface area contributed by atoms with E-state index in [0.29, 0.717) is 28.2 Å². The second-order valence-corrected chi connectivity index (χ2v) is 7.77. The third-order valence-corrected chi connectivity index (χ3v) is 5.48. The van der Waals surface area contributed by atoms with Crippen molar-refractivity contribution >= 4 is 23.2 Å². The maximum atomic E-state index is 12.6. The highest BCUT2D eigenvalue weighted by Crippen LogP contribution is 2.38. The van der Waals surface area contributed by atoms with E-state index in [1.807, 2.05) is 23.6 Å². The van der Waals surface area contributed by atoms with Crippen LogP contribution in [0.3, 0.4) is 0 Å². The summed E-state index contributed by atoms with van der Waals surface area (Å²) in [5.41, 5.74) is 2.63. The largest absolute Gasteiger partial charge is 0.651 e. The first-order chi connectivity index (χ1) is 15.3. The molecule has 0 spiro atoms. The van der Waals surface area contributed by atoms with Gasteiger partial charge < -0.3 is 14.8 Å². The molecular formula is C24H21F3NO3S-. The van der Waals surface area contributed by atoms with Crippen LogP contribution in [0, 0.1) is 0 Å². The first-order valence-electron chi connectivity index (χ1n) is 9.62. The van der Waals surface area contributed by atoms with E-state index in [2.05, 4.69) is 5.32 Å². The van der Waals surface area contributed by atoms with Gasteiger partial charge in [0.05, 0.1) is 14.2 Å². The number of halogens is 3. The quantitative estimate of drug-likeness (QED) is 0.262. The summed E-state index contributed by atoms with van der Waals surface area (Å²) >= 11 is 1.58.